The molecule has 0 spiro atoms. The number of benzene rings is 2. The van der Waals surface area contributed by atoms with Crippen LogP contribution in [0.5, 0.6) is 23.0 Å². The van der Waals surface area contributed by atoms with E-state index in [0.717, 1.165) is 46.2 Å². The van der Waals surface area contributed by atoms with E-state index in [1.165, 1.54) is 5.56 Å². The molecule has 0 radical (unpaired) electrons. The van der Waals surface area contributed by atoms with Crippen molar-refractivity contribution in [3.8, 4) is 23.0 Å². The summed E-state index contributed by atoms with van der Waals surface area (Å²) in [6, 6.07) is 8.24. The fourth-order valence-electron chi connectivity index (χ4n) is 5.41. The summed E-state index contributed by atoms with van der Waals surface area (Å²) in [5.41, 5.74) is 4.15. The SMILES string of the molecule is CN1Cc2c(ccc3c2OCO3)[C@@]2(C)C1c1cc3c(cc1C[C@@H]2O)OCO3. The summed E-state index contributed by atoms with van der Waals surface area (Å²) in [6.07, 6.45) is 0.0676. The molecule has 2 aromatic carbocycles. The first-order valence-electron chi connectivity index (χ1n) is 9.30. The van der Waals surface area contributed by atoms with Crippen molar-refractivity contribution in [1.29, 1.82) is 0 Å². The minimum Gasteiger partial charge on any atom is -0.454 e. The number of rotatable bonds is 0. The molecule has 0 amide bonds. The van der Waals surface area contributed by atoms with Crippen molar-refractivity contribution in [3.05, 3.63) is 46.5 Å². The highest BCUT2D eigenvalue weighted by Gasteiger charge is 2.53. The van der Waals surface area contributed by atoms with Crippen molar-refractivity contribution >= 4 is 0 Å². The molecule has 4 aliphatic rings. The van der Waals surface area contributed by atoms with Gasteiger partial charge in [0, 0.05) is 23.6 Å². The molecule has 3 atom stereocenters. The number of hydrogen-bond acceptors (Lipinski definition) is 6. The van der Waals surface area contributed by atoms with Crippen LogP contribution < -0.4 is 18.9 Å². The molecule has 3 aliphatic heterocycles. The highest BCUT2D eigenvalue weighted by molar-refractivity contribution is 5.59. The summed E-state index contributed by atoms with van der Waals surface area (Å²) in [6.45, 7) is 3.41. The molecule has 0 saturated heterocycles. The molecule has 0 bridgehead atoms. The summed E-state index contributed by atoms with van der Waals surface area (Å²) in [4.78, 5) is 2.30. The van der Waals surface area contributed by atoms with E-state index in [1.54, 1.807) is 0 Å². The smallest absolute Gasteiger partial charge is 0.231 e. The van der Waals surface area contributed by atoms with E-state index in [1.807, 2.05) is 12.1 Å². The third kappa shape index (κ3) is 1.87. The Kier molecular flexibility index (Phi) is 2.94. The van der Waals surface area contributed by atoms with Crippen LogP contribution in [0.2, 0.25) is 0 Å². The van der Waals surface area contributed by atoms with Gasteiger partial charge in [-0.2, -0.15) is 0 Å². The lowest BCUT2D eigenvalue weighted by Gasteiger charge is -2.53. The Bertz CT molecular complexity index is 974. The number of aliphatic hydroxyl groups is 1. The summed E-state index contributed by atoms with van der Waals surface area (Å²) >= 11 is 0. The summed E-state index contributed by atoms with van der Waals surface area (Å²) in [5, 5.41) is 11.3. The van der Waals surface area contributed by atoms with Gasteiger partial charge in [0.05, 0.1) is 6.10 Å². The number of fused-ring (bicyclic) bond motifs is 8. The second-order valence-corrected chi connectivity index (χ2v) is 8.05. The van der Waals surface area contributed by atoms with E-state index in [9.17, 15) is 5.11 Å². The molecule has 6 nitrogen and oxygen atoms in total. The van der Waals surface area contributed by atoms with Gasteiger partial charge in [-0.05, 0) is 48.4 Å². The Morgan fingerprint density at radius 1 is 1.04 bits per heavy atom. The van der Waals surface area contributed by atoms with Crippen LogP contribution in [-0.4, -0.2) is 36.7 Å². The largest absolute Gasteiger partial charge is 0.454 e. The lowest BCUT2D eigenvalue weighted by Crippen LogP contribution is -2.55. The van der Waals surface area contributed by atoms with Gasteiger partial charge >= 0.3 is 0 Å². The van der Waals surface area contributed by atoms with Crippen molar-refractivity contribution in [3.63, 3.8) is 0 Å². The molecule has 3 heterocycles. The van der Waals surface area contributed by atoms with Gasteiger partial charge in [0.2, 0.25) is 13.6 Å². The van der Waals surface area contributed by atoms with Gasteiger partial charge in [0.25, 0.3) is 0 Å². The van der Waals surface area contributed by atoms with Crippen LogP contribution in [0.1, 0.15) is 35.2 Å². The van der Waals surface area contributed by atoms with Gasteiger partial charge in [-0.3, -0.25) is 4.90 Å². The topological polar surface area (TPSA) is 60.4 Å². The highest BCUT2D eigenvalue weighted by atomic mass is 16.7. The van der Waals surface area contributed by atoms with Gasteiger partial charge in [-0.15, -0.1) is 0 Å². The fraction of sp³-hybridized carbons (Fsp3) is 0.429. The van der Waals surface area contributed by atoms with Crippen LogP contribution in [0.15, 0.2) is 24.3 Å². The van der Waals surface area contributed by atoms with Crippen molar-refractivity contribution in [2.45, 2.75) is 37.5 Å². The zero-order valence-electron chi connectivity index (χ0n) is 15.3. The molecule has 0 aromatic heterocycles. The maximum atomic E-state index is 11.3. The molecule has 1 aliphatic carbocycles. The minimum absolute atomic E-state index is 0.0404. The van der Waals surface area contributed by atoms with E-state index in [2.05, 4.69) is 31.0 Å². The molecule has 1 unspecified atom stereocenters. The molecular formula is C21H21NO5. The Labute approximate surface area is 157 Å². The van der Waals surface area contributed by atoms with Gasteiger partial charge in [0.1, 0.15) is 0 Å². The van der Waals surface area contributed by atoms with Crippen molar-refractivity contribution < 1.29 is 24.1 Å². The summed E-state index contributed by atoms with van der Waals surface area (Å²) < 4.78 is 22.5. The third-order valence-electron chi connectivity index (χ3n) is 6.67. The lowest BCUT2D eigenvalue weighted by atomic mass is 9.60. The summed E-state index contributed by atoms with van der Waals surface area (Å²) in [5.74, 6) is 3.17. The van der Waals surface area contributed by atoms with Crippen LogP contribution in [0.25, 0.3) is 0 Å². The molecule has 0 saturated carbocycles. The van der Waals surface area contributed by atoms with Crippen LogP contribution in [0.4, 0.5) is 0 Å². The molecule has 27 heavy (non-hydrogen) atoms. The monoisotopic (exact) mass is 367 g/mol. The Balaban J connectivity index is 1.58. The van der Waals surface area contributed by atoms with Gasteiger partial charge < -0.3 is 24.1 Å². The first-order chi connectivity index (χ1) is 13.1. The van der Waals surface area contributed by atoms with E-state index in [-0.39, 0.29) is 19.6 Å². The maximum absolute atomic E-state index is 11.3. The minimum atomic E-state index is -0.516. The van der Waals surface area contributed by atoms with Crippen LogP contribution in [0, 0.1) is 0 Å². The van der Waals surface area contributed by atoms with Crippen LogP contribution in [-0.2, 0) is 18.4 Å². The van der Waals surface area contributed by atoms with Gasteiger partial charge in [-0.1, -0.05) is 13.0 Å². The molecule has 6 heteroatoms. The molecule has 2 aromatic rings. The third-order valence-corrected chi connectivity index (χ3v) is 6.67. The van der Waals surface area contributed by atoms with Gasteiger partial charge in [0.15, 0.2) is 23.0 Å². The number of likely N-dealkylation sites (N-methyl/N-ethyl adjacent to an activating group) is 1. The number of aliphatic hydroxyl groups excluding tert-OH is 1. The Morgan fingerprint density at radius 2 is 1.78 bits per heavy atom. The molecule has 6 rings (SSSR count). The van der Waals surface area contributed by atoms with E-state index in [0.29, 0.717) is 6.42 Å². The molecule has 140 valence electrons. The van der Waals surface area contributed by atoms with Gasteiger partial charge in [-0.25, -0.2) is 0 Å². The molecule has 0 fully saturated rings. The van der Waals surface area contributed by atoms with Crippen LogP contribution in [0.3, 0.4) is 0 Å². The van der Waals surface area contributed by atoms with E-state index >= 15 is 0 Å². The standard InChI is InChI=1S/C21H21NO5/c1-21-14-3-4-15-19(27-10-24-15)13(14)8-22(2)20(21)12-7-17-16(25-9-26-17)5-11(12)6-18(21)23/h3-5,7,18,20,23H,6,8-10H2,1-2H3/t18-,20?,21+/m0/s1. The van der Waals surface area contributed by atoms with Crippen LogP contribution >= 0.6 is 0 Å². The zero-order chi connectivity index (χ0) is 18.3. The van der Waals surface area contributed by atoms with Crippen molar-refractivity contribution in [2.75, 3.05) is 20.6 Å². The second kappa shape index (κ2) is 5.09. The summed E-state index contributed by atoms with van der Waals surface area (Å²) in [7, 11) is 2.10. The number of ether oxygens (including phenoxy) is 4. The number of nitrogens with zero attached hydrogens (tertiary/aromatic N) is 1. The average Bonchev–Trinajstić information content (AvgIpc) is 3.29. The highest BCUT2D eigenvalue weighted by Crippen LogP contribution is 2.57. The second-order valence-electron chi connectivity index (χ2n) is 8.05. The van der Waals surface area contributed by atoms with E-state index < -0.39 is 11.5 Å². The first-order valence-corrected chi connectivity index (χ1v) is 9.30. The molecular weight excluding hydrogens is 346 g/mol. The lowest BCUT2D eigenvalue weighted by molar-refractivity contribution is -0.000315. The zero-order valence-corrected chi connectivity index (χ0v) is 15.3. The molecule has 1 N–H and O–H groups in total. The Hall–Kier alpha value is -2.44. The van der Waals surface area contributed by atoms with Crippen molar-refractivity contribution in [2.24, 2.45) is 0 Å². The fourth-order valence-corrected chi connectivity index (χ4v) is 5.41. The maximum Gasteiger partial charge on any atom is 0.231 e. The predicted octanol–water partition coefficient (Wildman–Crippen LogP) is 2.51. The van der Waals surface area contributed by atoms with E-state index in [4.69, 9.17) is 18.9 Å². The van der Waals surface area contributed by atoms with Crippen molar-refractivity contribution in [1.82, 2.24) is 4.90 Å². The first kappa shape index (κ1) is 15.6. The number of hydrogen-bond donors (Lipinski definition) is 1. The quantitative estimate of drug-likeness (QED) is 0.772. The predicted molar refractivity (Wildman–Crippen MR) is 96.4 cm³/mol. The average molecular weight is 367 g/mol. The normalized spacial score (nSPS) is 29.9. The Morgan fingerprint density at radius 3 is 2.63 bits per heavy atom.